The van der Waals surface area contributed by atoms with Gasteiger partial charge in [-0.3, -0.25) is 4.79 Å². The van der Waals surface area contributed by atoms with Gasteiger partial charge in [0, 0.05) is 17.8 Å². The van der Waals surface area contributed by atoms with Gasteiger partial charge in [0.25, 0.3) is 0 Å². The number of carboxylic acid groups (broad SMARTS) is 1. The van der Waals surface area contributed by atoms with Crippen molar-refractivity contribution < 1.29 is 19.4 Å². The normalized spacial score (nSPS) is 14.9. The van der Waals surface area contributed by atoms with Crippen molar-refractivity contribution in [2.75, 3.05) is 19.0 Å². The lowest BCUT2D eigenvalue weighted by Crippen LogP contribution is -2.34. The van der Waals surface area contributed by atoms with E-state index in [0.717, 1.165) is 12.8 Å². The van der Waals surface area contributed by atoms with E-state index in [2.05, 4.69) is 10.6 Å². The second kappa shape index (κ2) is 7.08. The van der Waals surface area contributed by atoms with Crippen molar-refractivity contribution >= 4 is 17.6 Å². The minimum Gasteiger partial charge on any atom is -0.496 e. The fraction of sp³-hybridized carbons (Fsp3) is 0.467. The minimum absolute atomic E-state index is 0.0691. The summed E-state index contributed by atoms with van der Waals surface area (Å²) in [5.74, 6) is -0.983. The van der Waals surface area contributed by atoms with Gasteiger partial charge in [-0.15, -0.1) is 0 Å². The standard InChI is InChI=1S/C15H20N2O4/c1-21-13-8-11(6-7-12(13)15(19)20)17-14(18)9-16-10-4-2-3-5-10/h6-8,10,16H,2-5,9H2,1H3,(H,17,18)(H,19,20). The zero-order chi connectivity index (χ0) is 15.2. The smallest absolute Gasteiger partial charge is 0.339 e. The summed E-state index contributed by atoms with van der Waals surface area (Å²) in [5.41, 5.74) is 0.592. The van der Waals surface area contributed by atoms with Crippen molar-refractivity contribution in [3.05, 3.63) is 23.8 Å². The predicted octanol–water partition coefficient (Wildman–Crippen LogP) is 1.86. The number of anilines is 1. The molecule has 0 unspecified atom stereocenters. The molecular formula is C15H20N2O4. The van der Waals surface area contributed by atoms with E-state index in [0.29, 0.717) is 11.7 Å². The van der Waals surface area contributed by atoms with Gasteiger partial charge < -0.3 is 20.5 Å². The zero-order valence-corrected chi connectivity index (χ0v) is 12.0. The van der Waals surface area contributed by atoms with Crippen molar-refractivity contribution in [2.45, 2.75) is 31.7 Å². The molecule has 1 aromatic rings. The van der Waals surface area contributed by atoms with Crippen molar-refractivity contribution in [1.82, 2.24) is 5.32 Å². The fourth-order valence-electron chi connectivity index (χ4n) is 2.52. The highest BCUT2D eigenvalue weighted by Gasteiger charge is 2.16. The lowest BCUT2D eigenvalue weighted by atomic mass is 10.2. The van der Waals surface area contributed by atoms with Gasteiger partial charge in [-0.25, -0.2) is 4.79 Å². The highest BCUT2D eigenvalue weighted by molar-refractivity contribution is 5.95. The van der Waals surface area contributed by atoms with Crippen LogP contribution in [-0.4, -0.2) is 36.7 Å². The molecule has 1 aliphatic carbocycles. The molecule has 21 heavy (non-hydrogen) atoms. The van der Waals surface area contributed by atoms with E-state index in [1.165, 1.54) is 32.1 Å². The maximum atomic E-state index is 11.9. The van der Waals surface area contributed by atoms with Gasteiger partial charge in [0.2, 0.25) is 5.91 Å². The number of amides is 1. The molecule has 0 heterocycles. The molecule has 0 atom stereocenters. The maximum Gasteiger partial charge on any atom is 0.339 e. The van der Waals surface area contributed by atoms with Crippen LogP contribution in [0.4, 0.5) is 5.69 Å². The van der Waals surface area contributed by atoms with Crippen LogP contribution < -0.4 is 15.4 Å². The van der Waals surface area contributed by atoms with Gasteiger partial charge in [-0.1, -0.05) is 12.8 Å². The van der Waals surface area contributed by atoms with Gasteiger partial charge in [-0.05, 0) is 25.0 Å². The number of hydrogen-bond acceptors (Lipinski definition) is 4. The Morgan fingerprint density at radius 1 is 1.33 bits per heavy atom. The highest BCUT2D eigenvalue weighted by atomic mass is 16.5. The third kappa shape index (κ3) is 4.19. The summed E-state index contributed by atoms with van der Waals surface area (Å²) >= 11 is 0. The van der Waals surface area contributed by atoms with Gasteiger partial charge in [0.1, 0.15) is 11.3 Å². The quantitative estimate of drug-likeness (QED) is 0.745. The molecule has 1 aromatic carbocycles. The second-order valence-electron chi connectivity index (χ2n) is 5.13. The van der Waals surface area contributed by atoms with Gasteiger partial charge >= 0.3 is 5.97 Å². The molecule has 1 aliphatic rings. The van der Waals surface area contributed by atoms with Crippen molar-refractivity contribution in [3.63, 3.8) is 0 Å². The first-order valence-corrected chi connectivity index (χ1v) is 7.04. The summed E-state index contributed by atoms with van der Waals surface area (Å²) in [4.78, 5) is 22.8. The van der Waals surface area contributed by atoms with E-state index in [1.54, 1.807) is 6.07 Å². The van der Waals surface area contributed by atoms with Gasteiger partial charge in [0.15, 0.2) is 0 Å². The van der Waals surface area contributed by atoms with E-state index >= 15 is 0 Å². The number of carboxylic acids is 1. The van der Waals surface area contributed by atoms with Crippen LogP contribution in [0.1, 0.15) is 36.0 Å². The van der Waals surface area contributed by atoms with Crippen LogP contribution in [0, 0.1) is 0 Å². The first-order chi connectivity index (χ1) is 10.1. The Labute approximate surface area is 123 Å². The molecular weight excluding hydrogens is 272 g/mol. The van der Waals surface area contributed by atoms with E-state index in [-0.39, 0.29) is 23.8 Å². The number of benzene rings is 1. The lowest BCUT2D eigenvalue weighted by Gasteiger charge is -2.12. The Morgan fingerprint density at radius 3 is 2.67 bits per heavy atom. The number of nitrogens with one attached hydrogen (secondary N) is 2. The van der Waals surface area contributed by atoms with E-state index in [9.17, 15) is 9.59 Å². The van der Waals surface area contributed by atoms with Gasteiger partial charge in [-0.2, -0.15) is 0 Å². The lowest BCUT2D eigenvalue weighted by molar-refractivity contribution is -0.115. The van der Waals surface area contributed by atoms with E-state index in [1.807, 2.05) is 0 Å². The number of hydrogen-bond donors (Lipinski definition) is 3. The average Bonchev–Trinajstić information content (AvgIpc) is 2.98. The monoisotopic (exact) mass is 292 g/mol. The van der Waals surface area contributed by atoms with Crippen LogP contribution in [0.15, 0.2) is 18.2 Å². The first-order valence-electron chi connectivity index (χ1n) is 7.04. The molecule has 0 bridgehead atoms. The molecule has 0 radical (unpaired) electrons. The van der Waals surface area contributed by atoms with Crippen LogP contribution in [0.25, 0.3) is 0 Å². The topological polar surface area (TPSA) is 87.7 Å². The molecule has 0 aliphatic heterocycles. The van der Waals surface area contributed by atoms with Crippen molar-refractivity contribution in [1.29, 1.82) is 0 Å². The molecule has 1 amide bonds. The summed E-state index contributed by atoms with van der Waals surface area (Å²) in [6.07, 6.45) is 4.67. The van der Waals surface area contributed by atoms with Crippen LogP contribution in [-0.2, 0) is 4.79 Å². The molecule has 6 heteroatoms. The van der Waals surface area contributed by atoms with Crippen LogP contribution in [0.2, 0.25) is 0 Å². The van der Waals surface area contributed by atoms with Crippen LogP contribution in [0.3, 0.4) is 0 Å². The summed E-state index contributed by atoms with van der Waals surface area (Å²) < 4.78 is 5.02. The zero-order valence-electron chi connectivity index (χ0n) is 12.0. The fourth-order valence-corrected chi connectivity index (χ4v) is 2.52. The molecule has 2 rings (SSSR count). The SMILES string of the molecule is COc1cc(NC(=O)CNC2CCCC2)ccc1C(=O)O. The van der Waals surface area contributed by atoms with Crippen molar-refractivity contribution in [2.24, 2.45) is 0 Å². The molecule has 0 saturated heterocycles. The number of methoxy groups -OCH3 is 1. The minimum atomic E-state index is -1.06. The third-order valence-electron chi connectivity index (χ3n) is 3.62. The summed E-state index contributed by atoms with van der Waals surface area (Å²) in [5, 5.41) is 15.0. The molecule has 0 aromatic heterocycles. The summed E-state index contributed by atoms with van der Waals surface area (Å²) in [6, 6.07) is 4.91. The molecule has 114 valence electrons. The van der Waals surface area contributed by atoms with Crippen molar-refractivity contribution in [3.8, 4) is 5.75 Å². The first kappa shape index (κ1) is 15.3. The van der Waals surface area contributed by atoms with Crippen LogP contribution in [0.5, 0.6) is 5.75 Å². The number of carbonyl (C=O) groups excluding carboxylic acids is 1. The average molecular weight is 292 g/mol. The Kier molecular flexibility index (Phi) is 5.16. The summed E-state index contributed by atoms with van der Waals surface area (Å²) in [7, 11) is 1.40. The predicted molar refractivity (Wildman–Crippen MR) is 78.8 cm³/mol. The van der Waals surface area contributed by atoms with Gasteiger partial charge in [0.05, 0.1) is 13.7 Å². The van der Waals surface area contributed by atoms with Crippen LogP contribution >= 0.6 is 0 Å². The third-order valence-corrected chi connectivity index (χ3v) is 3.62. The Bertz CT molecular complexity index is 524. The Hall–Kier alpha value is -2.08. The van der Waals surface area contributed by atoms with E-state index < -0.39 is 5.97 Å². The number of aromatic carboxylic acids is 1. The molecule has 3 N–H and O–H groups in total. The molecule has 0 spiro atoms. The Morgan fingerprint density at radius 2 is 2.05 bits per heavy atom. The highest BCUT2D eigenvalue weighted by Crippen LogP contribution is 2.23. The molecule has 6 nitrogen and oxygen atoms in total. The number of ether oxygens (including phenoxy) is 1. The Balaban J connectivity index is 1.92. The second-order valence-corrected chi connectivity index (χ2v) is 5.13. The number of rotatable bonds is 6. The molecule has 1 saturated carbocycles. The maximum absolute atomic E-state index is 11.9. The number of carbonyl (C=O) groups is 2. The summed E-state index contributed by atoms with van der Waals surface area (Å²) in [6.45, 7) is 0.258. The van der Waals surface area contributed by atoms with E-state index in [4.69, 9.17) is 9.84 Å². The molecule has 1 fully saturated rings. The largest absolute Gasteiger partial charge is 0.496 e.